The molecule has 0 bridgehead atoms. The Hall–Kier alpha value is -1.74. The molecule has 0 aliphatic carbocycles. The van der Waals surface area contributed by atoms with Gasteiger partial charge in [-0.15, -0.1) is 0 Å². The van der Waals surface area contributed by atoms with Gasteiger partial charge >= 0.3 is 0 Å². The van der Waals surface area contributed by atoms with E-state index in [0.717, 1.165) is 42.9 Å². The van der Waals surface area contributed by atoms with Crippen LogP contribution >= 0.6 is 0 Å². The molecule has 0 aliphatic heterocycles. The lowest BCUT2D eigenvalue weighted by molar-refractivity contribution is 0.631. The molecule has 2 aromatic rings. The predicted molar refractivity (Wildman–Crippen MR) is 82.6 cm³/mol. The fourth-order valence-corrected chi connectivity index (χ4v) is 2.23. The molecule has 0 spiro atoms. The number of hydrogen-bond acceptors (Lipinski definition) is 3. The van der Waals surface area contributed by atoms with Crippen LogP contribution in [0.5, 0.6) is 0 Å². The topological polar surface area (TPSA) is 51.8 Å². The van der Waals surface area contributed by atoms with Crippen molar-refractivity contribution in [2.75, 3.05) is 0 Å². The molecule has 1 aromatic carbocycles. The largest absolute Gasteiger partial charge is 0.327 e. The Morgan fingerprint density at radius 1 is 1.10 bits per heavy atom. The Labute approximate surface area is 121 Å². The summed E-state index contributed by atoms with van der Waals surface area (Å²) in [6, 6.07) is 12.7. The van der Waals surface area contributed by atoms with E-state index in [9.17, 15) is 0 Å². The lowest BCUT2D eigenvalue weighted by Crippen LogP contribution is -2.22. The first-order valence-corrected chi connectivity index (χ1v) is 7.30. The van der Waals surface area contributed by atoms with Gasteiger partial charge in [-0.25, -0.2) is 9.97 Å². The van der Waals surface area contributed by atoms with Crippen LogP contribution in [0.4, 0.5) is 0 Å². The molecule has 0 fully saturated rings. The van der Waals surface area contributed by atoms with E-state index in [-0.39, 0.29) is 6.04 Å². The third-order valence-electron chi connectivity index (χ3n) is 3.43. The first-order chi connectivity index (χ1) is 9.67. The van der Waals surface area contributed by atoms with Gasteiger partial charge in [-0.05, 0) is 31.4 Å². The van der Waals surface area contributed by atoms with Crippen LogP contribution in [0.2, 0.25) is 0 Å². The molecule has 2 rings (SSSR count). The highest BCUT2D eigenvalue weighted by molar-refractivity contribution is 5.17. The summed E-state index contributed by atoms with van der Waals surface area (Å²) in [7, 11) is 0. The Morgan fingerprint density at radius 3 is 2.55 bits per heavy atom. The Bertz CT molecular complexity index is 537. The van der Waals surface area contributed by atoms with Crippen LogP contribution in [0.15, 0.2) is 36.4 Å². The molecule has 2 N–H and O–H groups in total. The van der Waals surface area contributed by atoms with E-state index in [0.29, 0.717) is 0 Å². The fraction of sp³-hybridized carbons (Fsp3) is 0.412. The van der Waals surface area contributed by atoms with Crippen molar-refractivity contribution in [3.05, 3.63) is 59.2 Å². The highest BCUT2D eigenvalue weighted by Crippen LogP contribution is 2.08. The second kappa shape index (κ2) is 7.15. The molecule has 20 heavy (non-hydrogen) atoms. The van der Waals surface area contributed by atoms with Crippen LogP contribution in [0.3, 0.4) is 0 Å². The minimum Gasteiger partial charge on any atom is -0.327 e. The van der Waals surface area contributed by atoms with Crippen molar-refractivity contribution >= 4 is 0 Å². The standard InChI is InChI=1S/C17H23N3/c1-3-15(18)12-16-11-13(2)19-17(20-16)10-9-14-7-5-4-6-8-14/h4-8,11,15H,3,9-10,12,18H2,1-2H3. The van der Waals surface area contributed by atoms with E-state index in [4.69, 9.17) is 5.73 Å². The third-order valence-corrected chi connectivity index (χ3v) is 3.43. The van der Waals surface area contributed by atoms with Crippen molar-refractivity contribution in [3.8, 4) is 0 Å². The van der Waals surface area contributed by atoms with Crippen LogP contribution in [-0.2, 0) is 19.3 Å². The second-order valence-electron chi connectivity index (χ2n) is 5.27. The van der Waals surface area contributed by atoms with Gasteiger partial charge in [0.15, 0.2) is 0 Å². The van der Waals surface area contributed by atoms with Crippen LogP contribution < -0.4 is 5.73 Å². The van der Waals surface area contributed by atoms with Gasteiger partial charge in [-0.2, -0.15) is 0 Å². The van der Waals surface area contributed by atoms with Gasteiger partial charge in [-0.1, -0.05) is 37.3 Å². The third kappa shape index (κ3) is 4.42. The van der Waals surface area contributed by atoms with Gasteiger partial charge in [0, 0.05) is 30.3 Å². The monoisotopic (exact) mass is 269 g/mol. The van der Waals surface area contributed by atoms with E-state index in [2.05, 4.69) is 41.2 Å². The molecule has 0 amide bonds. The van der Waals surface area contributed by atoms with E-state index in [1.807, 2.05) is 19.1 Å². The average molecular weight is 269 g/mol. The predicted octanol–water partition coefficient (Wildman–Crippen LogP) is 2.85. The summed E-state index contributed by atoms with van der Waals surface area (Å²) < 4.78 is 0. The number of benzene rings is 1. The molecule has 0 aliphatic rings. The molecule has 1 atom stereocenters. The van der Waals surface area contributed by atoms with Crippen LogP contribution in [0.1, 0.15) is 36.1 Å². The highest BCUT2D eigenvalue weighted by atomic mass is 14.9. The molecule has 1 unspecified atom stereocenters. The Kier molecular flexibility index (Phi) is 5.24. The number of nitrogens with two attached hydrogens (primary N) is 1. The van der Waals surface area contributed by atoms with Crippen LogP contribution in [0, 0.1) is 6.92 Å². The van der Waals surface area contributed by atoms with Gasteiger partial charge in [0.2, 0.25) is 0 Å². The maximum absolute atomic E-state index is 6.01. The summed E-state index contributed by atoms with van der Waals surface area (Å²) in [5.74, 6) is 0.923. The van der Waals surface area contributed by atoms with Crippen LogP contribution in [0.25, 0.3) is 0 Å². The van der Waals surface area contributed by atoms with Gasteiger partial charge in [0.1, 0.15) is 5.82 Å². The Morgan fingerprint density at radius 2 is 1.85 bits per heavy atom. The quantitative estimate of drug-likeness (QED) is 0.877. The number of aryl methyl sites for hydroxylation is 3. The summed E-state index contributed by atoms with van der Waals surface area (Å²) in [6.45, 7) is 4.13. The second-order valence-corrected chi connectivity index (χ2v) is 5.27. The molecule has 0 saturated carbocycles. The van der Waals surface area contributed by atoms with E-state index in [1.165, 1.54) is 5.56 Å². The first-order valence-electron chi connectivity index (χ1n) is 7.30. The molecule has 3 heteroatoms. The zero-order valence-electron chi connectivity index (χ0n) is 12.3. The van der Waals surface area contributed by atoms with Gasteiger partial charge in [0.25, 0.3) is 0 Å². The number of aromatic nitrogens is 2. The summed E-state index contributed by atoms with van der Waals surface area (Å²) in [5, 5.41) is 0. The molecular formula is C17H23N3. The first kappa shape index (κ1) is 14.7. The van der Waals surface area contributed by atoms with Gasteiger partial charge < -0.3 is 5.73 Å². The number of rotatable bonds is 6. The molecule has 0 saturated heterocycles. The minimum absolute atomic E-state index is 0.186. The maximum atomic E-state index is 6.01. The molecule has 0 radical (unpaired) electrons. The van der Waals surface area contributed by atoms with Crippen molar-refractivity contribution < 1.29 is 0 Å². The van der Waals surface area contributed by atoms with Crippen LogP contribution in [-0.4, -0.2) is 16.0 Å². The van der Waals surface area contributed by atoms with E-state index in [1.54, 1.807) is 0 Å². The smallest absolute Gasteiger partial charge is 0.129 e. The van der Waals surface area contributed by atoms with Crippen molar-refractivity contribution in [2.45, 2.75) is 45.6 Å². The zero-order chi connectivity index (χ0) is 14.4. The van der Waals surface area contributed by atoms with Crippen molar-refractivity contribution in [2.24, 2.45) is 5.73 Å². The van der Waals surface area contributed by atoms with Crippen molar-refractivity contribution in [1.29, 1.82) is 0 Å². The molecule has 1 aromatic heterocycles. The van der Waals surface area contributed by atoms with E-state index < -0.39 is 0 Å². The zero-order valence-corrected chi connectivity index (χ0v) is 12.3. The Balaban J connectivity index is 2.04. The lowest BCUT2D eigenvalue weighted by atomic mass is 10.1. The maximum Gasteiger partial charge on any atom is 0.129 e. The number of nitrogens with zero attached hydrogens (tertiary/aromatic N) is 2. The highest BCUT2D eigenvalue weighted by Gasteiger charge is 2.06. The average Bonchev–Trinajstić information content (AvgIpc) is 2.45. The summed E-state index contributed by atoms with van der Waals surface area (Å²) in [5.41, 5.74) is 9.43. The summed E-state index contributed by atoms with van der Waals surface area (Å²) in [6.07, 6.45) is 3.66. The SMILES string of the molecule is CCC(N)Cc1cc(C)nc(CCc2ccccc2)n1. The van der Waals surface area contributed by atoms with Crippen molar-refractivity contribution in [3.63, 3.8) is 0 Å². The van der Waals surface area contributed by atoms with Crippen molar-refractivity contribution in [1.82, 2.24) is 9.97 Å². The minimum atomic E-state index is 0.186. The van der Waals surface area contributed by atoms with Gasteiger partial charge in [0.05, 0.1) is 0 Å². The normalized spacial score (nSPS) is 12.3. The lowest BCUT2D eigenvalue weighted by Gasteiger charge is -2.10. The number of hydrogen-bond donors (Lipinski definition) is 1. The molecule has 1 heterocycles. The molecular weight excluding hydrogens is 246 g/mol. The molecule has 3 nitrogen and oxygen atoms in total. The molecule has 106 valence electrons. The summed E-state index contributed by atoms with van der Waals surface area (Å²) >= 11 is 0. The van der Waals surface area contributed by atoms with Gasteiger partial charge in [-0.3, -0.25) is 0 Å². The summed E-state index contributed by atoms with van der Waals surface area (Å²) in [4.78, 5) is 9.18. The fourth-order valence-electron chi connectivity index (χ4n) is 2.23. The van der Waals surface area contributed by atoms with E-state index >= 15 is 0 Å².